The van der Waals surface area contributed by atoms with Crippen molar-refractivity contribution in [1.82, 2.24) is 24.6 Å². The van der Waals surface area contributed by atoms with Crippen LogP contribution in [0.4, 0.5) is 11.8 Å². The second kappa shape index (κ2) is 9.01. The molecule has 4 aromatic rings. The van der Waals surface area contributed by atoms with Crippen molar-refractivity contribution in [2.75, 3.05) is 29.9 Å². The van der Waals surface area contributed by atoms with Gasteiger partial charge in [0.15, 0.2) is 0 Å². The van der Waals surface area contributed by atoms with Crippen molar-refractivity contribution < 1.29 is 9.84 Å². The first-order chi connectivity index (χ1) is 17.9. The molecule has 6 heterocycles. The summed E-state index contributed by atoms with van der Waals surface area (Å²) < 4.78 is 7.48. The van der Waals surface area contributed by atoms with E-state index in [9.17, 15) is 10.4 Å². The van der Waals surface area contributed by atoms with E-state index in [1.807, 2.05) is 30.5 Å². The van der Waals surface area contributed by atoms with Crippen LogP contribution in [0.2, 0.25) is 0 Å². The van der Waals surface area contributed by atoms with E-state index in [-0.39, 0.29) is 6.61 Å². The van der Waals surface area contributed by atoms with Gasteiger partial charge in [-0.05, 0) is 56.4 Å². The van der Waals surface area contributed by atoms with Crippen molar-refractivity contribution >= 4 is 17.3 Å². The van der Waals surface area contributed by atoms with Gasteiger partial charge in [-0.25, -0.2) is 19.5 Å². The van der Waals surface area contributed by atoms with Gasteiger partial charge >= 0.3 is 0 Å². The Morgan fingerprint density at radius 3 is 2.62 bits per heavy atom. The lowest BCUT2D eigenvalue weighted by molar-refractivity contribution is 0.0283. The van der Waals surface area contributed by atoms with Crippen LogP contribution in [-0.4, -0.2) is 61.0 Å². The molecule has 2 aliphatic heterocycles. The summed E-state index contributed by atoms with van der Waals surface area (Å²) in [6.45, 7) is 5.37. The number of hydrogen-bond acceptors (Lipinski definition) is 9. The Hall–Kier alpha value is -4.23. The van der Waals surface area contributed by atoms with E-state index in [0.717, 1.165) is 30.0 Å². The summed E-state index contributed by atoms with van der Waals surface area (Å²) >= 11 is 0. The van der Waals surface area contributed by atoms with Crippen LogP contribution in [-0.2, 0) is 0 Å². The monoisotopic (exact) mass is 496 g/mol. The molecule has 3 fully saturated rings. The Balaban J connectivity index is 1.22. The predicted octanol–water partition coefficient (Wildman–Crippen LogP) is 3.14. The number of aliphatic hydroxyl groups is 1. The first-order valence-corrected chi connectivity index (χ1v) is 12.4. The molecule has 10 heteroatoms. The minimum Gasteiger partial charge on any atom is -0.489 e. The summed E-state index contributed by atoms with van der Waals surface area (Å²) in [4.78, 5) is 15.7. The summed E-state index contributed by atoms with van der Waals surface area (Å²) in [5, 5.41) is 27.5. The molecule has 0 aromatic carbocycles. The predicted molar refractivity (Wildman–Crippen MR) is 138 cm³/mol. The Morgan fingerprint density at radius 1 is 1.16 bits per heavy atom. The number of nitriles is 1. The fourth-order valence-corrected chi connectivity index (χ4v) is 5.30. The Labute approximate surface area is 214 Å². The second-order valence-electron chi connectivity index (χ2n) is 10.5. The molecule has 4 aromatic heterocycles. The zero-order valence-corrected chi connectivity index (χ0v) is 20.7. The standard InChI is InChI=1S/C27H28N8O2/c1-27(2,36)16-37-21-9-22(25-20(10-28)12-32-35(25)15-21)17-4-5-23(31-11-17)34-13-18-8-19(14-34)24(18)33-26-29-6-3-7-30-26/h3-7,9,11-12,15,18-19,24,36H,8,13-14,16H2,1-2H3,(H,29,30,33)/t18-,19?,24+/m0/s1. The summed E-state index contributed by atoms with van der Waals surface area (Å²) in [5.41, 5.74) is 1.87. The summed E-state index contributed by atoms with van der Waals surface area (Å²) in [5.74, 6) is 3.23. The number of aromatic nitrogens is 5. The van der Waals surface area contributed by atoms with Gasteiger partial charge in [0.1, 0.15) is 24.2 Å². The quantitative estimate of drug-likeness (QED) is 0.397. The van der Waals surface area contributed by atoms with Crippen LogP contribution in [0, 0.1) is 23.2 Å². The molecule has 1 aliphatic carbocycles. The zero-order valence-electron chi connectivity index (χ0n) is 20.7. The fourth-order valence-electron chi connectivity index (χ4n) is 5.30. The third-order valence-corrected chi connectivity index (χ3v) is 7.07. The Bertz CT molecular complexity index is 1440. The van der Waals surface area contributed by atoms with Gasteiger partial charge in [-0.3, -0.25) is 0 Å². The summed E-state index contributed by atoms with van der Waals surface area (Å²) in [7, 11) is 0. The van der Waals surface area contributed by atoms with Crippen molar-refractivity contribution in [1.29, 1.82) is 5.26 Å². The number of ether oxygens (including phenoxy) is 1. The molecule has 37 heavy (non-hydrogen) atoms. The summed E-state index contributed by atoms with van der Waals surface area (Å²) in [6, 6.07) is 10.4. The van der Waals surface area contributed by atoms with Crippen molar-refractivity contribution in [3.8, 4) is 22.9 Å². The number of pyridine rings is 2. The molecular formula is C27H28N8O2. The van der Waals surface area contributed by atoms with E-state index in [2.05, 4.69) is 31.4 Å². The average molecular weight is 497 g/mol. The van der Waals surface area contributed by atoms with Crippen molar-refractivity contribution in [3.63, 3.8) is 0 Å². The smallest absolute Gasteiger partial charge is 0.222 e. The van der Waals surface area contributed by atoms with Gasteiger partial charge in [0, 0.05) is 48.8 Å². The van der Waals surface area contributed by atoms with E-state index < -0.39 is 5.60 Å². The van der Waals surface area contributed by atoms with Crippen LogP contribution >= 0.6 is 0 Å². The number of piperidine rings is 2. The average Bonchev–Trinajstić information content (AvgIpc) is 3.33. The van der Waals surface area contributed by atoms with Gasteiger partial charge in [-0.1, -0.05) is 0 Å². The normalized spacial score (nSPS) is 20.8. The Morgan fingerprint density at radius 2 is 1.95 bits per heavy atom. The van der Waals surface area contributed by atoms with Gasteiger partial charge in [-0.15, -0.1) is 0 Å². The first kappa shape index (κ1) is 23.2. The van der Waals surface area contributed by atoms with Crippen LogP contribution in [0.15, 0.2) is 55.2 Å². The Kier molecular flexibility index (Phi) is 5.65. The second-order valence-corrected chi connectivity index (χ2v) is 10.5. The molecule has 2 N–H and O–H groups in total. The van der Waals surface area contributed by atoms with Crippen LogP contribution in [0.5, 0.6) is 5.75 Å². The molecule has 1 unspecified atom stereocenters. The lowest BCUT2D eigenvalue weighted by Gasteiger charge is -2.54. The number of anilines is 2. The van der Waals surface area contributed by atoms with Gasteiger partial charge in [-0.2, -0.15) is 10.4 Å². The molecule has 2 bridgehead atoms. The number of nitrogens with zero attached hydrogens (tertiary/aromatic N) is 7. The van der Waals surface area contributed by atoms with Crippen LogP contribution in [0.1, 0.15) is 25.8 Å². The van der Waals surface area contributed by atoms with E-state index in [4.69, 9.17) is 9.72 Å². The zero-order chi connectivity index (χ0) is 25.6. The van der Waals surface area contributed by atoms with Crippen LogP contribution in [0.25, 0.3) is 16.6 Å². The molecular weight excluding hydrogens is 468 g/mol. The minimum absolute atomic E-state index is 0.130. The number of hydrogen-bond donors (Lipinski definition) is 2. The molecule has 3 aliphatic rings. The fraction of sp³-hybridized carbons (Fsp3) is 0.370. The molecule has 0 amide bonds. The molecule has 1 saturated carbocycles. The number of rotatable bonds is 7. The van der Waals surface area contributed by atoms with E-state index in [1.54, 1.807) is 43.2 Å². The lowest BCUT2D eigenvalue weighted by Crippen LogP contribution is -2.61. The maximum atomic E-state index is 10.1. The summed E-state index contributed by atoms with van der Waals surface area (Å²) in [6.07, 6.45) is 9.82. The van der Waals surface area contributed by atoms with Crippen molar-refractivity contribution in [3.05, 3.63) is 60.8 Å². The third kappa shape index (κ3) is 4.54. The lowest BCUT2D eigenvalue weighted by atomic mass is 9.66. The largest absolute Gasteiger partial charge is 0.489 e. The molecule has 7 rings (SSSR count). The van der Waals surface area contributed by atoms with Crippen molar-refractivity contribution in [2.24, 2.45) is 11.8 Å². The maximum absolute atomic E-state index is 10.1. The van der Waals surface area contributed by atoms with Gasteiger partial charge in [0.2, 0.25) is 5.95 Å². The van der Waals surface area contributed by atoms with Gasteiger partial charge < -0.3 is 20.1 Å². The first-order valence-electron chi connectivity index (χ1n) is 12.4. The van der Waals surface area contributed by atoms with Crippen LogP contribution < -0.4 is 15.0 Å². The highest BCUT2D eigenvalue weighted by molar-refractivity contribution is 5.85. The van der Waals surface area contributed by atoms with Crippen LogP contribution in [0.3, 0.4) is 0 Å². The SMILES string of the molecule is CC(C)(O)COc1cc(-c2ccc(N3CC4C[C@@H](C3)[C@H]4Nc3ncccn3)nc2)c2c(C#N)cnn2c1. The number of fused-ring (bicyclic) bond motifs is 3. The highest BCUT2D eigenvalue weighted by Gasteiger charge is 2.47. The molecule has 2 saturated heterocycles. The van der Waals surface area contributed by atoms with E-state index >= 15 is 0 Å². The molecule has 0 radical (unpaired) electrons. The minimum atomic E-state index is -0.974. The van der Waals surface area contributed by atoms with E-state index in [1.165, 1.54) is 6.42 Å². The maximum Gasteiger partial charge on any atom is 0.222 e. The molecule has 0 spiro atoms. The molecule has 188 valence electrons. The highest BCUT2D eigenvalue weighted by Crippen LogP contribution is 2.42. The highest BCUT2D eigenvalue weighted by atomic mass is 16.5. The topological polar surface area (TPSA) is 124 Å². The van der Waals surface area contributed by atoms with Gasteiger partial charge in [0.05, 0.1) is 29.1 Å². The molecule has 10 nitrogen and oxygen atoms in total. The number of nitrogens with one attached hydrogen (secondary N) is 1. The molecule has 3 atom stereocenters. The van der Waals surface area contributed by atoms with Crippen molar-refractivity contribution in [2.45, 2.75) is 31.9 Å². The van der Waals surface area contributed by atoms with Gasteiger partial charge in [0.25, 0.3) is 0 Å². The van der Waals surface area contributed by atoms with E-state index in [0.29, 0.717) is 40.7 Å². The third-order valence-electron chi connectivity index (χ3n) is 7.07.